The van der Waals surface area contributed by atoms with Crippen LogP contribution < -0.4 is 0 Å². The summed E-state index contributed by atoms with van der Waals surface area (Å²) in [4.78, 5) is 4.07. The number of hydrogen-bond acceptors (Lipinski definition) is 4. The monoisotopic (exact) mass is 338 g/mol. The van der Waals surface area contributed by atoms with E-state index in [1.165, 1.54) is 10.4 Å². The Morgan fingerprint density at radius 1 is 1.38 bits per heavy atom. The van der Waals surface area contributed by atoms with Gasteiger partial charge in [0.1, 0.15) is 0 Å². The smallest absolute Gasteiger partial charge is 0.260 e. The van der Waals surface area contributed by atoms with E-state index in [1.807, 2.05) is 0 Å². The van der Waals surface area contributed by atoms with E-state index in [0.29, 0.717) is 17.3 Å². The molecule has 0 saturated carbocycles. The molecule has 0 aliphatic carbocycles. The van der Waals surface area contributed by atoms with Crippen LogP contribution in [0.3, 0.4) is 0 Å². The second-order valence-corrected chi connectivity index (χ2v) is 7.34. The Labute approximate surface area is 125 Å². The Balaban J connectivity index is 2.07. The van der Waals surface area contributed by atoms with Crippen molar-refractivity contribution < 1.29 is 21.6 Å². The van der Waals surface area contributed by atoms with Crippen molar-refractivity contribution in [2.24, 2.45) is 4.99 Å². The molecule has 9 heteroatoms. The summed E-state index contributed by atoms with van der Waals surface area (Å²) in [6, 6.07) is 4.98. The normalized spacial score (nSPS) is 16.2. The molecule has 116 valence electrons. The van der Waals surface area contributed by atoms with Gasteiger partial charge < -0.3 is 0 Å². The lowest BCUT2D eigenvalue weighted by atomic mass is 10.1. The Kier molecular flexibility index (Phi) is 4.52. The van der Waals surface area contributed by atoms with Crippen LogP contribution in [0.25, 0.3) is 0 Å². The van der Waals surface area contributed by atoms with Gasteiger partial charge in [-0.1, -0.05) is 30.0 Å². The summed E-state index contributed by atoms with van der Waals surface area (Å²) >= 11 is 1.12. The molecule has 0 aromatic heterocycles. The lowest BCUT2D eigenvalue weighted by Gasteiger charge is -2.17. The first kappa shape index (κ1) is 16.2. The highest BCUT2D eigenvalue weighted by molar-refractivity contribution is 8.14. The summed E-state index contributed by atoms with van der Waals surface area (Å²) in [6.07, 6.45) is -3.30. The van der Waals surface area contributed by atoms with Crippen molar-refractivity contribution in [1.29, 1.82) is 0 Å². The third-order valence-corrected chi connectivity index (χ3v) is 5.14. The average Bonchev–Trinajstić information content (AvgIpc) is 2.84. The zero-order chi connectivity index (χ0) is 15.7. The predicted octanol–water partition coefficient (Wildman–Crippen LogP) is 2.57. The zero-order valence-corrected chi connectivity index (χ0v) is 12.7. The van der Waals surface area contributed by atoms with E-state index in [0.717, 1.165) is 30.2 Å². The van der Waals surface area contributed by atoms with Gasteiger partial charge in [-0.25, -0.2) is 12.7 Å². The fourth-order valence-corrected chi connectivity index (χ4v) is 4.03. The van der Waals surface area contributed by atoms with Crippen molar-refractivity contribution in [3.8, 4) is 0 Å². The van der Waals surface area contributed by atoms with Gasteiger partial charge in [0.05, 0.1) is 24.9 Å². The summed E-state index contributed by atoms with van der Waals surface area (Å²) in [5.74, 6) is 0.231. The van der Waals surface area contributed by atoms with Crippen LogP contribution in [0.1, 0.15) is 11.1 Å². The standard InChI is InChI=1S/C12H13F3N2O2S2/c1-21(18,19)17-6-5-16-11(17)20-8-9-3-2-4-10(7-9)12(13,14)15/h2-4,7H,5-6,8H2,1H3. The minimum atomic E-state index is -4.38. The van der Waals surface area contributed by atoms with Crippen LogP contribution in [-0.4, -0.2) is 37.2 Å². The van der Waals surface area contributed by atoms with E-state index >= 15 is 0 Å². The molecule has 1 aliphatic rings. The molecule has 1 aliphatic heterocycles. The van der Waals surface area contributed by atoms with Crippen molar-refractivity contribution in [2.75, 3.05) is 19.3 Å². The Hall–Kier alpha value is -1.22. The van der Waals surface area contributed by atoms with Gasteiger partial charge in [0.15, 0.2) is 5.17 Å². The van der Waals surface area contributed by atoms with Crippen LogP contribution in [-0.2, 0) is 22.0 Å². The Bertz CT molecular complexity index is 657. The minimum Gasteiger partial charge on any atom is -0.260 e. The van der Waals surface area contributed by atoms with Gasteiger partial charge in [-0.2, -0.15) is 13.2 Å². The van der Waals surface area contributed by atoms with Crippen LogP contribution in [0.2, 0.25) is 0 Å². The first-order valence-corrected chi connectivity index (χ1v) is 8.82. The average molecular weight is 338 g/mol. The number of sulfonamides is 1. The lowest BCUT2D eigenvalue weighted by molar-refractivity contribution is -0.137. The van der Waals surface area contributed by atoms with Crippen molar-refractivity contribution in [3.05, 3.63) is 35.4 Å². The van der Waals surface area contributed by atoms with Crippen LogP contribution in [0.4, 0.5) is 13.2 Å². The minimum absolute atomic E-state index is 0.231. The molecule has 0 unspecified atom stereocenters. The highest BCUT2D eigenvalue weighted by Gasteiger charge is 2.30. The van der Waals surface area contributed by atoms with Crippen LogP contribution in [0, 0.1) is 0 Å². The maximum atomic E-state index is 12.6. The second kappa shape index (κ2) is 5.88. The topological polar surface area (TPSA) is 49.7 Å². The molecule has 2 rings (SSSR count). The summed E-state index contributed by atoms with van der Waals surface area (Å²) in [6.45, 7) is 0.655. The molecule has 0 radical (unpaired) electrons. The number of benzene rings is 1. The Morgan fingerprint density at radius 2 is 2.10 bits per heavy atom. The van der Waals surface area contributed by atoms with E-state index in [4.69, 9.17) is 0 Å². The summed E-state index contributed by atoms with van der Waals surface area (Å²) in [7, 11) is -3.39. The molecule has 0 bridgehead atoms. The fraction of sp³-hybridized carbons (Fsp3) is 0.417. The molecular weight excluding hydrogens is 325 g/mol. The maximum absolute atomic E-state index is 12.6. The molecule has 0 saturated heterocycles. The van der Waals surface area contributed by atoms with Crippen LogP contribution >= 0.6 is 11.8 Å². The van der Waals surface area contributed by atoms with Crippen LogP contribution in [0.5, 0.6) is 0 Å². The number of alkyl halides is 3. The van der Waals surface area contributed by atoms with Gasteiger partial charge in [0, 0.05) is 5.75 Å². The van der Waals surface area contributed by atoms with Gasteiger partial charge in [0.25, 0.3) is 0 Å². The number of rotatable bonds is 3. The SMILES string of the molecule is CS(=O)(=O)N1CCN=C1SCc1cccc(C(F)(F)F)c1. The summed E-state index contributed by atoms with van der Waals surface area (Å²) in [5, 5.41) is 0.329. The number of nitrogens with zero attached hydrogens (tertiary/aromatic N) is 2. The summed E-state index contributed by atoms with van der Waals surface area (Å²) in [5.41, 5.74) is -0.244. The van der Waals surface area contributed by atoms with E-state index in [9.17, 15) is 21.6 Å². The number of hydrogen-bond donors (Lipinski definition) is 0. The molecule has 0 spiro atoms. The van der Waals surface area contributed by atoms with E-state index in [2.05, 4.69) is 4.99 Å². The number of halogens is 3. The zero-order valence-electron chi connectivity index (χ0n) is 11.1. The maximum Gasteiger partial charge on any atom is 0.416 e. The molecule has 0 atom stereocenters. The van der Waals surface area contributed by atoms with E-state index < -0.39 is 21.8 Å². The van der Waals surface area contributed by atoms with Gasteiger partial charge >= 0.3 is 6.18 Å². The van der Waals surface area contributed by atoms with E-state index in [1.54, 1.807) is 6.07 Å². The van der Waals surface area contributed by atoms with Gasteiger partial charge in [-0.3, -0.25) is 4.99 Å². The first-order valence-electron chi connectivity index (χ1n) is 5.99. The van der Waals surface area contributed by atoms with Crippen molar-refractivity contribution in [1.82, 2.24) is 4.31 Å². The molecular formula is C12H13F3N2O2S2. The predicted molar refractivity (Wildman–Crippen MR) is 76.6 cm³/mol. The third-order valence-electron chi connectivity index (χ3n) is 2.79. The van der Waals surface area contributed by atoms with Crippen LogP contribution in [0.15, 0.2) is 29.3 Å². The molecule has 0 fully saturated rings. The molecule has 0 N–H and O–H groups in total. The lowest BCUT2D eigenvalue weighted by Crippen LogP contribution is -2.31. The molecule has 1 aromatic rings. The van der Waals surface area contributed by atoms with E-state index in [-0.39, 0.29) is 12.3 Å². The number of aliphatic imine (C=N–C) groups is 1. The van der Waals surface area contributed by atoms with Gasteiger partial charge in [0.2, 0.25) is 10.0 Å². The highest BCUT2D eigenvalue weighted by atomic mass is 32.2. The Morgan fingerprint density at radius 3 is 2.71 bits per heavy atom. The number of amidine groups is 1. The van der Waals surface area contributed by atoms with Crippen molar-refractivity contribution >= 4 is 27.0 Å². The molecule has 0 amide bonds. The molecule has 21 heavy (non-hydrogen) atoms. The first-order chi connectivity index (χ1) is 9.68. The van der Waals surface area contributed by atoms with Gasteiger partial charge in [-0.05, 0) is 11.6 Å². The second-order valence-electron chi connectivity index (χ2n) is 4.49. The fourth-order valence-electron chi connectivity index (χ4n) is 1.82. The van der Waals surface area contributed by atoms with Crippen molar-refractivity contribution in [3.63, 3.8) is 0 Å². The molecule has 4 nitrogen and oxygen atoms in total. The third kappa shape index (κ3) is 4.13. The molecule has 1 heterocycles. The quantitative estimate of drug-likeness (QED) is 0.851. The van der Waals surface area contributed by atoms with Crippen molar-refractivity contribution in [2.45, 2.75) is 11.9 Å². The number of thioether (sulfide) groups is 1. The van der Waals surface area contributed by atoms with Gasteiger partial charge in [-0.15, -0.1) is 0 Å². The largest absolute Gasteiger partial charge is 0.416 e. The highest BCUT2D eigenvalue weighted by Crippen LogP contribution is 2.30. The summed E-state index contributed by atoms with van der Waals surface area (Å²) < 4.78 is 62.0. The molecule has 1 aromatic carbocycles.